The number of para-hydroxylation sites is 1. The summed E-state index contributed by atoms with van der Waals surface area (Å²) in [5, 5.41) is 0. The molecule has 6 aliphatic carbocycles. The fourth-order valence-corrected chi connectivity index (χ4v) is 10.9. The highest BCUT2D eigenvalue weighted by Gasteiger charge is 2.68. The number of nitrogens with zero attached hydrogens (tertiary/aromatic N) is 1. The van der Waals surface area contributed by atoms with E-state index >= 15 is 0 Å². The zero-order chi connectivity index (χ0) is 31.2. The highest BCUT2D eigenvalue weighted by molar-refractivity contribution is 6.07. The summed E-state index contributed by atoms with van der Waals surface area (Å²) in [5.41, 5.74) is 1.97. The first-order valence-electron chi connectivity index (χ1n) is 16.7. The predicted molar refractivity (Wildman–Crippen MR) is 171 cm³/mol. The zero-order valence-corrected chi connectivity index (χ0v) is 27.8. The Labute approximate surface area is 258 Å². The number of benzene rings is 1. The second kappa shape index (κ2) is 8.36. The molecule has 0 radical (unpaired) electrons. The van der Waals surface area contributed by atoms with E-state index in [2.05, 4.69) is 93.0 Å². The number of hydrogen-bond donors (Lipinski definition) is 0. The van der Waals surface area contributed by atoms with Crippen molar-refractivity contribution in [1.82, 2.24) is 4.48 Å². The van der Waals surface area contributed by atoms with Crippen molar-refractivity contribution in [1.29, 1.82) is 0 Å². The highest BCUT2D eigenvalue weighted by Crippen LogP contribution is 2.69. The number of allylic oxidation sites excluding steroid dienone is 3. The third-order valence-corrected chi connectivity index (χ3v) is 15.4. The molecule has 0 aliphatic heterocycles. The quantitative estimate of drug-likeness (QED) is 0.264. The molecule has 6 atom stereocenters. The van der Waals surface area contributed by atoms with Gasteiger partial charge in [0.25, 0.3) is 0 Å². The fraction of sp³-hybridized carbons (Fsp3) is 0.615. The van der Waals surface area contributed by atoms with Crippen molar-refractivity contribution in [2.45, 2.75) is 101 Å². The van der Waals surface area contributed by atoms with E-state index in [1.165, 1.54) is 0 Å². The molecule has 0 amide bonds. The second-order valence-corrected chi connectivity index (χ2v) is 17.3. The van der Waals surface area contributed by atoms with Gasteiger partial charge in [-0.05, 0) is 72.5 Å². The standard InChI is InChI=1S/C39H50NO3/c1-34(2)28-15-18-37(34,7)31(41)25(28)21-40(24-13-11-10-12-14-24,22-26-29-16-19-38(8,32(26)42)35(29,3)4)23-27-30-17-20-39(9,33(27)43)36(30,5)6/h10-14,21-23,28-30H,15-20H2,1-9H3/q+1. The molecule has 0 N–H and O–H groups in total. The van der Waals surface area contributed by atoms with Crippen molar-refractivity contribution < 1.29 is 14.4 Å². The maximum Gasteiger partial charge on any atom is 0.170 e. The third kappa shape index (κ3) is 3.19. The van der Waals surface area contributed by atoms with E-state index in [1.807, 2.05) is 18.2 Å². The van der Waals surface area contributed by atoms with Gasteiger partial charge in [0.2, 0.25) is 0 Å². The SMILES string of the molecule is CC12CCC(C(=C[N+](C=C3C(=O)C4(C)CCC3C4(C)C)(C=C3C(=O)C4(C)CCC3C4(C)C)c3ccccc3)C1=O)C2(C)C. The highest BCUT2D eigenvalue weighted by atomic mass is 16.1. The molecule has 6 unspecified atom stereocenters. The maximum atomic E-state index is 14.3. The van der Waals surface area contributed by atoms with Gasteiger partial charge in [-0.2, -0.15) is 0 Å². The van der Waals surface area contributed by atoms with Gasteiger partial charge in [0.1, 0.15) is 24.3 Å². The minimum Gasteiger partial charge on any atom is -0.294 e. The Kier molecular flexibility index (Phi) is 5.66. The van der Waals surface area contributed by atoms with Crippen molar-refractivity contribution >= 4 is 23.0 Å². The van der Waals surface area contributed by atoms with Gasteiger partial charge >= 0.3 is 0 Å². The van der Waals surface area contributed by atoms with E-state index in [0.29, 0.717) is 0 Å². The van der Waals surface area contributed by atoms with Crippen molar-refractivity contribution in [3.63, 3.8) is 0 Å². The van der Waals surface area contributed by atoms with Crippen molar-refractivity contribution in [2.75, 3.05) is 0 Å². The monoisotopic (exact) mass is 580 g/mol. The summed E-state index contributed by atoms with van der Waals surface area (Å²) in [6.45, 7) is 20.0. The average molecular weight is 581 g/mol. The number of Topliss-reactive ketones (excluding diaryl/α,β-unsaturated/α-hetero) is 3. The summed E-state index contributed by atoms with van der Waals surface area (Å²) in [5.74, 6) is 1.17. The van der Waals surface area contributed by atoms with Gasteiger partial charge in [-0.15, -0.1) is 0 Å². The van der Waals surface area contributed by atoms with Gasteiger partial charge in [-0.3, -0.25) is 14.4 Å². The van der Waals surface area contributed by atoms with E-state index in [0.717, 1.165) is 60.9 Å². The Bertz CT molecular complexity index is 1420. The summed E-state index contributed by atoms with van der Waals surface area (Å²) in [6, 6.07) is 10.3. The maximum absolute atomic E-state index is 14.3. The first-order valence-corrected chi connectivity index (χ1v) is 16.7. The van der Waals surface area contributed by atoms with Crippen LogP contribution in [0.2, 0.25) is 0 Å². The largest absolute Gasteiger partial charge is 0.294 e. The van der Waals surface area contributed by atoms with Crippen molar-refractivity contribution in [3.05, 3.63) is 65.7 Å². The number of rotatable bonds is 4. The van der Waals surface area contributed by atoms with Crippen LogP contribution in [-0.2, 0) is 14.4 Å². The Morgan fingerprint density at radius 3 is 1.09 bits per heavy atom. The molecule has 7 rings (SSSR count). The Morgan fingerprint density at radius 2 is 0.837 bits per heavy atom. The number of carbonyl (C=O) groups is 3. The van der Waals surface area contributed by atoms with Crippen LogP contribution < -0.4 is 4.48 Å². The summed E-state index contributed by atoms with van der Waals surface area (Å²) >= 11 is 0. The number of carbonyl (C=O) groups excluding carboxylic acids is 3. The summed E-state index contributed by atoms with van der Waals surface area (Å²) < 4.78 is 0.109. The topological polar surface area (TPSA) is 51.2 Å². The Hall–Kier alpha value is -2.59. The summed E-state index contributed by atoms with van der Waals surface area (Å²) in [7, 11) is 0. The molecule has 0 aromatic heterocycles. The van der Waals surface area contributed by atoms with Gasteiger partial charge in [0.05, 0.1) is 16.7 Å². The number of hydrogen-bond acceptors (Lipinski definition) is 3. The van der Waals surface area contributed by atoms with Gasteiger partial charge in [-0.1, -0.05) is 80.5 Å². The van der Waals surface area contributed by atoms with Gasteiger partial charge in [-0.25, -0.2) is 4.48 Å². The lowest BCUT2D eigenvalue weighted by Gasteiger charge is -2.32. The van der Waals surface area contributed by atoms with Crippen LogP contribution in [0.15, 0.2) is 65.7 Å². The van der Waals surface area contributed by atoms with Crippen LogP contribution in [0.5, 0.6) is 0 Å². The van der Waals surface area contributed by atoms with E-state index in [9.17, 15) is 14.4 Å². The molecule has 4 nitrogen and oxygen atoms in total. The minimum atomic E-state index is -0.397. The normalized spacial score (nSPS) is 44.0. The molecule has 4 heteroatoms. The number of fused-ring (bicyclic) bond motifs is 6. The van der Waals surface area contributed by atoms with Crippen molar-refractivity contribution in [2.24, 2.45) is 50.2 Å². The van der Waals surface area contributed by atoms with Gasteiger partial charge in [0, 0.05) is 28.4 Å². The second-order valence-electron chi connectivity index (χ2n) is 17.3. The summed E-state index contributed by atoms with van der Waals surface area (Å²) in [6.07, 6.45) is 12.2. The molecule has 1 aromatic rings. The number of quaternary nitrogens is 1. The zero-order valence-electron chi connectivity index (χ0n) is 27.8. The van der Waals surface area contributed by atoms with E-state index in [4.69, 9.17) is 0 Å². The van der Waals surface area contributed by atoms with E-state index in [1.54, 1.807) is 0 Å². The van der Waals surface area contributed by atoms with Crippen molar-refractivity contribution in [3.8, 4) is 0 Å². The third-order valence-electron chi connectivity index (χ3n) is 15.4. The van der Waals surface area contributed by atoms with Crippen LogP contribution in [0.25, 0.3) is 0 Å². The van der Waals surface area contributed by atoms with Crippen LogP contribution in [0.3, 0.4) is 0 Å². The minimum absolute atomic E-state index is 0.109. The lowest BCUT2D eigenvalue weighted by molar-refractivity contribution is -0.126. The first-order chi connectivity index (χ1) is 19.9. The molecular formula is C39H50NO3+. The molecule has 1 aromatic carbocycles. The van der Waals surface area contributed by atoms with Crippen LogP contribution in [-0.4, -0.2) is 17.3 Å². The lowest BCUT2D eigenvalue weighted by Crippen LogP contribution is -2.38. The van der Waals surface area contributed by atoms with Crippen LogP contribution >= 0.6 is 0 Å². The Balaban J connectivity index is 1.53. The average Bonchev–Trinajstić information content (AvgIpc) is 3.56. The molecular weight excluding hydrogens is 530 g/mol. The van der Waals surface area contributed by atoms with Crippen LogP contribution in [0, 0.1) is 50.2 Å². The molecule has 0 spiro atoms. The molecule has 43 heavy (non-hydrogen) atoms. The van der Waals surface area contributed by atoms with Crippen LogP contribution in [0.4, 0.5) is 5.69 Å². The van der Waals surface area contributed by atoms with Crippen LogP contribution in [0.1, 0.15) is 101 Å². The lowest BCUT2D eigenvalue weighted by atomic mass is 9.70. The molecule has 6 aliphatic rings. The predicted octanol–water partition coefficient (Wildman–Crippen LogP) is 8.72. The molecule has 0 saturated heterocycles. The van der Waals surface area contributed by atoms with Gasteiger partial charge < -0.3 is 0 Å². The van der Waals surface area contributed by atoms with E-state index in [-0.39, 0.29) is 55.8 Å². The fourth-order valence-electron chi connectivity index (χ4n) is 10.9. The smallest absolute Gasteiger partial charge is 0.170 e. The van der Waals surface area contributed by atoms with E-state index < -0.39 is 16.2 Å². The molecule has 6 fully saturated rings. The molecule has 6 bridgehead atoms. The molecule has 6 saturated carbocycles. The first kappa shape index (κ1) is 29.1. The molecule has 0 heterocycles. The number of ketones is 3. The Morgan fingerprint density at radius 1 is 0.535 bits per heavy atom. The summed E-state index contributed by atoms with van der Waals surface area (Å²) in [4.78, 5) is 43.0. The molecule has 228 valence electrons. The van der Waals surface area contributed by atoms with Gasteiger partial charge in [0.15, 0.2) is 17.3 Å².